The predicted octanol–water partition coefficient (Wildman–Crippen LogP) is 20.0. The Morgan fingerprint density at radius 2 is 0.581 bits per heavy atom. The number of nitrogens with zero attached hydrogens (tertiary/aromatic N) is 1. The Morgan fingerprint density at radius 1 is 0.230 bits per heavy atom. The zero-order valence-electron chi connectivity index (χ0n) is 42.8. The summed E-state index contributed by atoms with van der Waals surface area (Å²) in [5.41, 5.74) is 24.2. The van der Waals surface area contributed by atoms with Gasteiger partial charge in [-0.2, -0.15) is 0 Å². The second kappa shape index (κ2) is 15.3. The van der Waals surface area contributed by atoms with Gasteiger partial charge in [0.05, 0.1) is 0 Å². The highest BCUT2D eigenvalue weighted by Crippen LogP contribution is 2.56. The fourth-order valence-corrected chi connectivity index (χ4v) is 13.9. The van der Waals surface area contributed by atoms with Gasteiger partial charge in [0.1, 0.15) is 0 Å². The highest BCUT2D eigenvalue weighted by atomic mass is 15.1. The zero-order valence-corrected chi connectivity index (χ0v) is 42.8. The second-order valence-corrected chi connectivity index (χ2v) is 22.8. The molecule has 1 heteroatoms. The Balaban J connectivity index is 0.869. The standard InChI is InChI=1S/C73H55N/c1-71(2)65-25-15-13-23-55(65)58-34-30-48(39-68(58)71)74(49-31-35-59-56-24-14-16-26-66(56)72(3,4)69(59)40-49)50-32-36-60-57-33-29-47(38-67(57)73(5,6)70(60)41-50)62-43-64-53-21-11-9-19-51(53)61(42-63(64)54-22-12-10-20-52(54)62)46-28-27-44-17-7-8-18-45(44)37-46/h7-43H,1-6H3. The molecule has 0 amide bonds. The molecular formula is C73H55N. The van der Waals surface area contributed by atoms with Gasteiger partial charge in [-0.05, 0) is 193 Å². The van der Waals surface area contributed by atoms with Crippen molar-refractivity contribution in [3.63, 3.8) is 0 Å². The number of hydrogen-bond acceptors (Lipinski definition) is 1. The molecule has 0 aromatic heterocycles. The number of fused-ring (bicyclic) bond motifs is 15. The van der Waals surface area contributed by atoms with Gasteiger partial charge < -0.3 is 4.90 Å². The molecule has 0 fully saturated rings. The smallest absolute Gasteiger partial charge is 0.0465 e. The Hall–Kier alpha value is -8.52. The van der Waals surface area contributed by atoms with Crippen molar-refractivity contribution in [2.24, 2.45) is 0 Å². The number of rotatable bonds is 5. The Kier molecular flexibility index (Phi) is 8.89. The van der Waals surface area contributed by atoms with Crippen LogP contribution >= 0.6 is 0 Å². The third-order valence-electron chi connectivity index (χ3n) is 17.8. The molecule has 15 rings (SSSR count). The van der Waals surface area contributed by atoms with E-state index in [4.69, 9.17) is 0 Å². The van der Waals surface area contributed by atoms with Crippen molar-refractivity contribution in [2.75, 3.05) is 4.90 Å². The molecule has 0 spiro atoms. The van der Waals surface area contributed by atoms with Crippen LogP contribution in [0.1, 0.15) is 74.9 Å². The maximum atomic E-state index is 2.53. The second-order valence-electron chi connectivity index (χ2n) is 22.8. The first kappa shape index (κ1) is 43.1. The molecule has 352 valence electrons. The van der Waals surface area contributed by atoms with Crippen LogP contribution in [-0.4, -0.2) is 0 Å². The van der Waals surface area contributed by atoms with E-state index in [0.717, 1.165) is 0 Å². The van der Waals surface area contributed by atoms with Gasteiger partial charge >= 0.3 is 0 Å². The van der Waals surface area contributed by atoms with Crippen molar-refractivity contribution in [3.8, 4) is 55.6 Å². The molecule has 0 aliphatic heterocycles. The van der Waals surface area contributed by atoms with E-state index in [1.54, 1.807) is 0 Å². The molecular weight excluding hydrogens is 891 g/mol. The maximum absolute atomic E-state index is 2.53. The van der Waals surface area contributed by atoms with E-state index < -0.39 is 0 Å². The summed E-state index contributed by atoms with van der Waals surface area (Å²) in [4.78, 5) is 2.53. The minimum Gasteiger partial charge on any atom is -0.310 e. The number of hydrogen-bond donors (Lipinski definition) is 0. The first-order valence-electron chi connectivity index (χ1n) is 26.4. The first-order chi connectivity index (χ1) is 35.9. The Morgan fingerprint density at radius 3 is 1.08 bits per heavy atom. The highest BCUT2D eigenvalue weighted by Gasteiger charge is 2.40. The van der Waals surface area contributed by atoms with E-state index in [1.165, 1.54) is 149 Å². The van der Waals surface area contributed by atoms with Crippen molar-refractivity contribution in [1.82, 2.24) is 0 Å². The van der Waals surface area contributed by atoms with Crippen molar-refractivity contribution in [2.45, 2.75) is 57.8 Å². The fourth-order valence-electron chi connectivity index (χ4n) is 13.9. The van der Waals surface area contributed by atoms with Crippen LogP contribution in [-0.2, 0) is 16.2 Å². The number of anilines is 3. The van der Waals surface area contributed by atoms with Crippen LogP contribution in [0.3, 0.4) is 0 Å². The lowest BCUT2D eigenvalue weighted by Gasteiger charge is -2.31. The quantitative estimate of drug-likeness (QED) is 0.155. The lowest BCUT2D eigenvalue weighted by atomic mass is 9.80. The first-order valence-corrected chi connectivity index (χ1v) is 26.4. The highest BCUT2D eigenvalue weighted by molar-refractivity contribution is 6.24. The molecule has 74 heavy (non-hydrogen) atoms. The summed E-state index contributed by atoms with van der Waals surface area (Å²) in [6, 6.07) is 85.4. The largest absolute Gasteiger partial charge is 0.310 e. The molecule has 0 unspecified atom stereocenters. The van der Waals surface area contributed by atoms with Crippen LogP contribution in [0.15, 0.2) is 224 Å². The van der Waals surface area contributed by atoms with Crippen LogP contribution in [0.4, 0.5) is 17.1 Å². The van der Waals surface area contributed by atoms with Gasteiger partial charge in [0.2, 0.25) is 0 Å². The van der Waals surface area contributed by atoms with Crippen molar-refractivity contribution in [1.29, 1.82) is 0 Å². The molecule has 1 nitrogen and oxygen atoms in total. The number of benzene rings is 12. The minimum atomic E-state index is -0.264. The average Bonchev–Trinajstić information content (AvgIpc) is 3.94. The molecule has 0 saturated heterocycles. The van der Waals surface area contributed by atoms with E-state index in [2.05, 4.69) is 271 Å². The van der Waals surface area contributed by atoms with Gasteiger partial charge in [0, 0.05) is 33.3 Å². The normalized spacial score (nSPS) is 14.9. The van der Waals surface area contributed by atoms with Gasteiger partial charge in [-0.25, -0.2) is 0 Å². The van der Waals surface area contributed by atoms with Crippen LogP contribution in [0, 0.1) is 0 Å². The fraction of sp³-hybridized carbons (Fsp3) is 0.123. The van der Waals surface area contributed by atoms with Crippen molar-refractivity contribution < 1.29 is 0 Å². The molecule has 12 aromatic carbocycles. The topological polar surface area (TPSA) is 3.24 Å². The molecule has 0 N–H and O–H groups in total. The SMILES string of the molecule is CC1(C)c2ccccc2-c2ccc(N(c3ccc4c(c3)C(C)(C)c3ccccc3-4)c3ccc4c(c3)C(C)(C)c3cc(-c5cc6c7ccccc7c(-c7ccc8ccccc8c7)cc6c6ccccc56)ccc3-4)cc21. The molecule has 0 atom stereocenters. The molecule has 3 aliphatic rings. The van der Waals surface area contributed by atoms with Crippen molar-refractivity contribution in [3.05, 3.63) is 258 Å². The molecule has 0 bridgehead atoms. The van der Waals surface area contributed by atoms with E-state index in [0.29, 0.717) is 0 Å². The van der Waals surface area contributed by atoms with Gasteiger partial charge in [-0.3, -0.25) is 0 Å². The summed E-state index contributed by atoms with van der Waals surface area (Å²) in [5, 5.41) is 10.2. The Bertz CT molecular complexity index is 4300. The lowest BCUT2D eigenvalue weighted by molar-refractivity contribution is 0.659. The molecule has 0 heterocycles. The van der Waals surface area contributed by atoms with Crippen LogP contribution < -0.4 is 4.90 Å². The molecule has 0 radical (unpaired) electrons. The predicted molar refractivity (Wildman–Crippen MR) is 315 cm³/mol. The zero-order chi connectivity index (χ0) is 49.8. The van der Waals surface area contributed by atoms with Crippen LogP contribution in [0.2, 0.25) is 0 Å². The summed E-state index contributed by atoms with van der Waals surface area (Å²) >= 11 is 0. The summed E-state index contributed by atoms with van der Waals surface area (Å²) in [6.07, 6.45) is 0. The van der Waals surface area contributed by atoms with E-state index in [9.17, 15) is 0 Å². The van der Waals surface area contributed by atoms with E-state index >= 15 is 0 Å². The van der Waals surface area contributed by atoms with E-state index in [1.807, 2.05) is 0 Å². The summed E-state index contributed by atoms with van der Waals surface area (Å²) < 4.78 is 0. The minimum absolute atomic E-state index is 0.126. The Labute approximate surface area is 434 Å². The van der Waals surface area contributed by atoms with Gasteiger partial charge in [-0.15, -0.1) is 0 Å². The van der Waals surface area contributed by atoms with Gasteiger partial charge in [-0.1, -0.05) is 205 Å². The van der Waals surface area contributed by atoms with E-state index in [-0.39, 0.29) is 16.2 Å². The summed E-state index contributed by atoms with van der Waals surface area (Å²) in [6.45, 7) is 14.4. The summed E-state index contributed by atoms with van der Waals surface area (Å²) in [5.74, 6) is 0. The molecule has 12 aromatic rings. The van der Waals surface area contributed by atoms with Crippen LogP contribution in [0.5, 0.6) is 0 Å². The van der Waals surface area contributed by atoms with Gasteiger partial charge in [0.25, 0.3) is 0 Å². The van der Waals surface area contributed by atoms with Crippen molar-refractivity contribution >= 4 is 60.2 Å². The third kappa shape index (κ3) is 5.99. The lowest BCUT2D eigenvalue weighted by Crippen LogP contribution is -2.19. The third-order valence-corrected chi connectivity index (χ3v) is 17.8. The summed E-state index contributed by atoms with van der Waals surface area (Å²) in [7, 11) is 0. The van der Waals surface area contributed by atoms with Crippen LogP contribution in [0.25, 0.3) is 98.7 Å². The molecule has 0 saturated carbocycles. The monoisotopic (exact) mass is 945 g/mol. The molecule has 3 aliphatic carbocycles. The average molecular weight is 946 g/mol. The maximum Gasteiger partial charge on any atom is 0.0465 e. The van der Waals surface area contributed by atoms with Gasteiger partial charge in [0.15, 0.2) is 0 Å².